The molecule has 2 N–H and O–H groups in total. The Hall–Kier alpha value is -2.09. The molecule has 0 saturated heterocycles. The maximum Gasteiger partial charge on any atom is 0.143 e. The molecule has 0 aliphatic heterocycles. The monoisotopic (exact) mass is 273 g/mol. The lowest BCUT2D eigenvalue weighted by Crippen LogP contribution is -2.13. The molecule has 0 radical (unpaired) electrons. The van der Waals surface area contributed by atoms with E-state index in [1.165, 1.54) is 0 Å². The zero-order valence-corrected chi connectivity index (χ0v) is 10.8. The van der Waals surface area contributed by atoms with Crippen LogP contribution in [0.1, 0.15) is 17.2 Å². The average Bonchev–Trinajstić information content (AvgIpc) is 2.45. The van der Waals surface area contributed by atoms with Gasteiger partial charge < -0.3 is 10.4 Å². The first-order valence-electron chi connectivity index (χ1n) is 5.73. The van der Waals surface area contributed by atoms with E-state index in [0.29, 0.717) is 16.4 Å². The summed E-state index contributed by atoms with van der Waals surface area (Å²) in [6.45, 7) is 0.271. The lowest BCUT2D eigenvalue weighted by molar-refractivity contribution is 0.191. The number of aliphatic hydroxyl groups is 1. The predicted octanol–water partition coefficient (Wildman–Crippen LogP) is 2.75. The van der Waals surface area contributed by atoms with Crippen molar-refractivity contribution < 1.29 is 5.11 Å². The van der Waals surface area contributed by atoms with Crippen LogP contribution in [0.15, 0.2) is 42.6 Å². The molecular formula is C14H12ClN3O. The second-order valence-electron chi connectivity index (χ2n) is 3.96. The highest BCUT2D eigenvalue weighted by atomic mass is 35.5. The minimum absolute atomic E-state index is 0.271. The van der Waals surface area contributed by atoms with Crippen LogP contribution in [0.3, 0.4) is 0 Å². The molecule has 96 valence electrons. The van der Waals surface area contributed by atoms with Gasteiger partial charge in [-0.3, -0.25) is 0 Å². The molecule has 1 heterocycles. The fourth-order valence-corrected chi connectivity index (χ4v) is 1.76. The Balaban J connectivity index is 2.02. The van der Waals surface area contributed by atoms with E-state index in [1.54, 1.807) is 42.6 Å². The molecule has 0 aliphatic carbocycles. The molecule has 0 spiro atoms. The summed E-state index contributed by atoms with van der Waals surface area (Å²) in [5.41, 5.74) is 1.21. The summed E-state index contributed by atoms with van der Waals surface area (Å²) in [4.78, 5) is 4.06. The smallest absolute Gasteiger partial charge is 0.143 e. The maximum absolute atomic E-state index is 10.0. The third-order valence-electron chi connectivity index (χ3n) is 2.65. The fraction of sp³-hybridized carbons (Fsp3) is 0.143. The van der Waals surface area contributed by atoms with E-state index in [0.717, 1.165) is 5.56 Å². The number of nitrogens with one attached hydrogen (secondary N) is 1. The number of hydrogen-bond acceptors (Lipinski definition) is 4. The molecule has 19 heavy (non-hydrogen) atoms. The summed E-state index contributed by atoms with van der Waals surface area (Å²) in [6.07, 6.45) is 0.906. The summed E-state index contributed by atoms with van der Waals surface area (Å²) in [6, 6.07) is 12.4. The number of aliphatic hydroxyl groups excluding tert-OH is 1. The molecule has 4 nitrogen and oxygen atoms in total. The van der Waals surface area contributed by atoms with Gasteiger partial charge in [0.2, 0.25) is 0 Å². The van der Waals surface area contributed by atoms with Crippen molar-refractivity contribution in [3.05, 3.63) is 58.7 Å². The predicted molar refractivity (Wildman–Crippen MR) is 73.9 cm³/mol. The number of hydrogen-bond donors (Lipinski definition) is 2. The van der Waals surface area contributed by atoms with Crippen molar-refractivity contribution in [3.8, 4) is 6.07 Å². The molecule has 0 saturated carbocycles. The molecule has 2 rings (SSSR count). The van der Waals surface area contributed by atoms with Gasteiger partial charge in [0, 0.05) is 17.8 Å². The van der Waals surface area contributed by atoms with Gasteiger partial charge in [0.1, 0.15) is 11.9 Å². The lowest BCUT2D eigenvalue weighted by Gasteiger charge is -2.13. The number of benzene rings is 1. The largest absolute Gasteiger partial charge is 0.387 e. The summed E-state index contributed by atoms with van der Waals surface area (Å²) in [7, 11) is 0. The van der Waals surface area contributed by atoms with E-state index in [-0.39, 0.29) is 6.54 Å². The van der Waals surface area contributed by atoms with Crippen molar-refractivity contribution in [1.29, 1.82) is 5.26 Å². The molecule has 2 aromatic rings. The van der Waals surface area contributed by atoms with Gasteiger partial charge in [-0.25, -0.2) is 4.98 Å². The topological polar surface area (TPSA) is 68.9 Å². The van der Waals surface area contributed by atoms with E-state index in [9.17, 15) is 5.11 Å². The maximum atomic E-state index is 10.0. The summed E-state index contributed by atoms with van der Waals surface area (Å²) < 4.78 is 0. The van der Waals surface area contributed by atoms with Crippen LogP contribution in [0.2, 0.25) is 5.02 Å². The Morgan fingerprint density at radius 3 is 2.74 bits per heavy atom. The molecule has 0 aliphatic rings. The molecule has 0 amide bonds. The van der Waals surface area contributed by atoms with Crippen LogP contribution in [0.5, 0.6) is 0 Å². The molecule has 0 fully saturated rings. The highest BCUT2D eigenvalue weighted by molar-refractivity contribution is 6.30. The molecule has 5 heteroatoms. The van der Waals surface area contributed by atoms with Gasteiger partial charge in [-0.15, -0.1) is 0 Å². The van der Waals surface area contributed by atoms with Gasteiger partial charge >= 0.3 is 0 Å². The fourth-order valence-electron chi connectivity index (χ4n) is 1.63. The van der Waals surface area contributed by atoms with Crippen molar-refractivity contribution >= 4 is 17.4 Å². The van der Waals surface area contributed by atoms with Gasteiger partial charge in [0.15, 0.2) is 0 Å². The molecule has 1 aromatic carbocycles. The Labute approximate surface area is 116 Å². The van der Waals surface area contributed by atoms with E-state index in [4.69, 9.17) is 16.9 Å². The number of halogens is 1. The molecule has 0 bridgehead atoms. The normalized spacial score (nSPS) is 11.6. The standard InChI is InChI=1S/C14H12ClN3O/c15-12-5-3-10(4-6-12)13(19)9-18-14-11(8-16)2-1-7-17-14/h1-7,13,19H,9H2,(H,17,18). The SMILES string of the molecule is N#Cc1cccnc1NCC(O)c1ccc(Cl)cc1. The van der Waals surface area contributed by atoms with Gasteiger partial charge in [0.25, 0.3) is 0 Å². The number of nitriles is 1. The number of rotatable bonds is 4. The Morgan fingerprint density at radius 1 is 1.32 bits per heavy atom. The van der Waals surface area contributed by atoms with Crippen LogP contribution in [0.4, 0.5) is 5.82 Å². The Bertz CT molecular complexity index is 592. The van der Waals surface area contributed by atoms with E-state index in [1.807, 2.05) is 6.07 Å². The van der Waals surface area contributed by atoms with Crippen LogP contribution >= 0.6 is 11.6 Å². The van der Waals surface area contributed by atoms with Crippen LogP contribution in [0.25, 0.3) is 0 Å². The molecule has 1 unspecified atom stereocenters. The first-order valence-corrected chi connectivity index (χ1v) is 6.11. The lowest BCUT2D eigenvalue weighted by atomic mass is 10.1. The second-order valence-corrected chi connectivity index (χ2v) is 4.40. The second kappa shape index (κ2) is 6.19. The van der Waals surface area contributed by atoms with Crippen LogP contribution in [0, 0.1) is 11.3 Å². The highest BCUT2D eigenvalue weighted by Crippen LogP contribution is 2.17. The Kier molecular flexibility index (Phi) is 4.35. The quantitative estimate of drug-likeness (QED) is 0.899. The third-order valence-corrected chi connectivity index (χ3v) is 2.90. The van der Waals surface area contributed by atoms with Gasteiger partial charge in [0.05, 0.1) is 11.7 Å². The zero-order chi connectivity index (χ0) is 13.7. The van der Waals surface area contributed by atoms with Crippen LogP contribution < -0.4 is 5.32 Å². The van der Waals surface area contributed by atoms with Crippen molar-refractivity contribution in [1.82, 2.24) is 4.98 Å². The molecule has 1 aromatic heterocycles. The highest BCUT2D eigenvalue weighted by Gasteiger charge is 2.09. The summed E-state index contributed by atoms with van der Waals surface area (Å²) >= 11 is 5.79. The number of aromatic nitrogens is 1. The minimum Gasteiger partial charge on any atom is -0.387 e. The first kappa shape index (κ1) is 13.3. The number of nitrogens with zero attached hydrogens (tertiary/aromatic N) is 2. The molecule has 1 atom stereocenters. The van der Waals surface area contributed by atoms with E-state index >= 15 is 0 Å². The summed E-state index contributed by atoms with van der Waals surface area (Å²) in [5, 5.41) is 22.5. The van der Waals surface area contributed by atoms with E-state index in [2.05, 4.69) is 10.3 Å². The third kappa shape index (κ3) is 3.44. The molecular weight excluding hydrogens is 262 g/mol. The minimum atomic E-state index is -0.689. The zero-order valence-electron chi connectivity index (χ0n) is 10.0. The van der Waals surface area contributed by atoms with Crippen molar-refractivity contribution in [3.63, 3.8) is 0 Å². The van der Waals surface area contributed by atoms with Crippen molar-refractivity contribution in [2.75, 3.05) is 11.9 Å². The summed E-state index contributed by atoms with van der Waals surface area (Å²) in [5.74, 6) is 0.470. The van der Waals surface area contributed by atoms with Gasteiger partial charge in [-0.05, 0) is 29.8 Å². The van der Waals surface area contributed by atoms with Gasteiger partial charge in [-0.2, -0.15) is 5.26 Å². The number of pyridine rings is 1. The van der Waals surface area contributed by atoms with Gasteiger partial charge in [-0.1, -0.05) is 23.7 Å². The van der Waals surface area contributed by atoms with Crippen LogP contribution in [-0.2, 0) is 0 Å². The van der Waals surface area contributed by atoms with Crippen molar-refractivity contribution in [2.24, 2.45) is 0 Å². The van der Waals surface area contributed by atoms with E-state index < -0.39 is 6.10 Å². The first-order chi connectivity index (χ1) is 9.20. The number of anilines is 1. The van der Waals surface area contributed by atoms with Crippen LogP contribution in [-0.4, -0.2) is 16.6 Å². The average molecular weight is 274 g/mol. The Morgan fingerprint density at radius 2 is 2.05 bits per heavy atom. The van der Waals surface area contributed by atoms with Crippen molar-refractivity contribution in [2.45, 2.75) is 6.10 Å².